The molecule has 2 unspecified atom stereocenters. The summed E-state index contributed by atoms with van der Waals surface area (Å²) in [4.78, 5) is 0. The van der Waals surface area contributed by atoms with Crippen LogP contribution in [-0.4, -0.2) is 19.3 Å². The molecule has 2 rings (SSSR count). The van der Waals surface area contributed by atoms with Gasteiger partial charge in [0.25, 0.3) is 0 Å². The smallest absolute Gasteiger partial charge is 0.160 e. The van der Waals surface area contributed by atoms with E-state index in [4.69, 9.17) is 5.26 Å². The monoisotopic (exact) mass is 329 g/mol. The van der Waals surface area contributed by atoms with Gasteiger partial charge in [-0.15, -0.1) is 0 Å². The zero-order valence-electron chi connectivity index (χ0n) is 12.9. The predicted octanol–water partition coefficient (Wildman–Crippen LogP) is 3.16. The summed E-state index contributed by atoms with van der Waals surface area (Å²) in [5.41, 5.74) is 1.71. The zero-order valence-corrected chi connectivity index (χ0v) is 13.7. The van der Waals surface area contributed by atoms with Crippen molar-refractivity contribution in [2.75, 3.05) is 5.75 Å². The second-order valence-corrected chi connectivity index (χ2v) is 7.61. The van der Waals surface area contributed by atoms with E-state index in [0.29, 0.717) is 17.5 Å². The molecule has 0 saturated carbocycles. The lowest BCUT2D eigenvalue weighted by molar-refractivity contribution is 0.201. The van der Waals surface area contributed by atoms with Crippen LogP contribution in [-0.2, 0) is 9.84 Å². The Morgan fingerprint density at radius 3 is 2.17 bits per heavy atom. The second-order valence-electron chi connectivity index (χ2n) is 5.39. The molecule has 23 heavy (non-hydrogen) atoms. The Hall–Kier alpha value is -2.16. The predicted molar refractivity (Wildman–Crippen MR) is 89.4 cm³/mol. The van der Waals surface area contributed by atoms with E-state index < -0.39 is 21.2 Å². The summed E-state index contributed by atoms with van der Waals surface area (Å²) in [5.74, 6) is -0.341. The highest BCUT2D eigenvalue weighted by Gasteiger charge is 2.28. The fourth-order valence-electron chi connectivity index (χ4n) is 2.58. The molecule has 0 aliphatic heterocycles. The van der Waals surface area contributed by atoms with E-state index in [9.17, 15) is 13.5 Å². The van der Waals surface area contributed by atoms with Crippen LogP contribution in [0.5, 0.6) is 0 Å². The fraction of sp³-hybridized carbons (Fsp3) is 0.278. The van der Waals surface area contributed by atoms with E-state index in [1.807, 2.05) is 31.2 Å². The van der Waals surface area contributed by atoms with E-state index in [0.717, 1.165) is 5.56 Å². The van der Waals surface area contributed by atoms with Crippen LogP contribution >= 0.6 is 0 Å². The minimum absolute atomic E-state index is 0.341. The van der Waals surface area contributed by atoms with Gasteiger partial charge in [-0.3, -0.25) is 0 Å². The third-order valence-corrected chi connectivity index (χ3v) is 6.04. The number of benzene rings is 2. The van der Waals surface area contributed by atoms with Gasteiger partial charge in [-0.25, -0.2) is 8.42 Å². The Balaban J connectivity index is 2.20. The first kappa shape index (κ1) is 17.2. The molecule has 0 fully saturated rings. The van der Waals surface area contributed by atoms with E-state index in [2.05, 4.69) is 0 Å². The molecular formula is C18H19NO3S. The van der Waals surface area contributed by atoms with Crippen LogP contribution in [0.3, 0.4) is 0 Å². The fourth-order valence-corrected chi connectivity index (χ4v) is 4.52. The van der Waals surface area contributed by atoms with Crippen LogP contribution in [0.2, 0.25) is 0 Å². The summed E-state index contributed by atoms with van der Waals surface area (Å²) in [6.07, 6.45) is -0.655. The van der Waals surface area contributed by atoms with Gasteiger partial charge in [0.05, 0.1) is 28.7 Å². The molecule has 0 aliphatic carbocycles. The number of aliphatic hydroxyl groups excluding tert-OH is 1. The molecule has 0 aliphatic rings. The highest BCUT2D eigenvalue weighted by Crippen LogP contribution is 2.29. The van der Waals surface area contributed by atoms with E-state index in [1.54, 1.807) is 36.4 Å². The van der Waals surface area contributed by atoms with Crippen LogP contribution in [0.4, 0.5) is 0 Å². The lowest BCUT2D eigenvalue weighted by Gasteiger charge is -2.19. The first-order valence-electron chi connectivity index (χ1n) is 7.42. The molecule has 5 heteroatoms. The molecule has 2 aromatic rings. The van der Waals surface area contributed by atoms with Crippen molar-refractivity contribution in [2.45, 2.75) is 24.7 Å². The quantitative estimate of drug-likeness (QED) is 0.883. The first-order chi connectivity index (χ1) is 11.0. The van der Waals surface area contributed by atoms with E-state index in [-0.39, 0.29) is 5.75 Å². The molecule has 0 heterocycles. The van der Waals surface area contributed by atoms with Gasteiger partial charge >= 0.3 is 0 Å². The molecule has 4 nitrogen and oxygen atoms in total. The maximum absolute atomic E-state index is 12.7. The molecule has 0 aromatic heterocycles. The highest BCUT2D eigenvalue weighted by molar-refractivity contribution is 7.91. The van der Waals surface area contributed by atoms with E-state index >= 15 is 0 Å². The first-order valence-corrected chi connectivity index (χ1v) is 9.14. The Labute approximate surface area is 136 Å². The van der Waals surface area contributed by atoms with Crippen molar-refractivity contribution in [3.05, 3.63) is 71.3 Å². The molecule has 2 aromatic carbocycles. The summed E-state index contributed by atoms with van der Waals surface area (Å²) in [5, 5.41) is 18.4. The van der Waals surface area contributed by atoms with Crippen LogP contribution in [0, 0.1) is 11.3 Å². The molecule has 0 saturated heterocycles. The molecule has 120 valence electrons. The summed E-state index contributed by atoms with van der Waals surface area (Å²) < 4.78 is 25.3. The number of sulfone groups is 1. The van der Waals surface area contributed by atoms with Crippen LogP contribution in [0.25, 0.3) is 0 Å². The number of aliphatic hydroxyl groups is 1. The van der Waals surface area contributed by atoms with Gasteiger partial charge in [-0.05, 0) is 29.7 Å². The third-order valence-electron chi connectivity index (χ3n) is 3.79. The van der Waals surface area contributed by atoms with Crippen molar-refractivity contribution in [1.29, 1.82) is 5.26 Å². The Morgan fingerprint density at radius 1 is 1.04 bits per heavy atom. The van der Waals surface area contributed by atoms with Crippen molar-refractivity contribution < 1.29 is 13.5 Å². The summed E-state index contributed by atoms with van der Waals surface area (Å²) in [6, 6.07) is 17.3. The topological polar surface area (TPSA) is 78.2 Å². The molecule has 0 bridgehead atoms. The van der Waals surface area contributed by atoms with Crippen molar-refractivity contribution in [2.24, 2.45) is 0 Å². The van der Waals surface area contributed by atoms with Crippen molar-refractivity contribution >= 4 is 9.84 Å². The van der Waals surface area contributed by atoms with Crippen molar-refractivity contribution in [1.82, 2.24) is 0 Å². The lowest BCUT2D eigenvalue weighted by atomic mass is 10.1. The second kappa shape index (κ2) is 7.40. The van der Waals surface area contributed by atoms with Gasteiger partial charge in [0.15, 0.2) is 9.84 Å². The SMILES string of the molecule is CCC(c1ccccc1)S(=O)(=O)CC(O)c1ccc(C#N)cc1. The van der Waals surface area contributed by atoms with Gasteiger partial charge in [-0.2, -0.15) is 5.26 Å². The van der Waals surface area contributed by atoms with Gasteiger partial charge in [-0.1, -0.05) is 49.4 Å². The molecule has 0 amide bonds. The van der Waals surface area contributed by atoms with Gasteiger partial charge in [0, 0.05) is 0 Å². The van der Waals surface area contributed by atoms with Gasteiger partial charge in [0.2, 0.25) is 0 Å². The number of nitrogens with zero attached hydrogens (tertiary/aromatic N) is 1. The van der Waals surface area contributed by atoms with Crippen LogP contribution in [0.15, 0.2) is 54.6 Å². The average Bonchev–Trinajstić information content (AvgIpc) is 2.56. The summed E-state index contributed by atoms with van der Waals surface area (Å²) in [7, 11) is -3.50. The van der Waals surface area contributed by atoms with Crippen LogP contribution < -0.4 is 0 Å². The highest BCUT2D eigenvalue weighted by atomic mass is 32.2. The average molecular weight is 329 g/mol. The minimum Gasteiger partial charge on any atom is -0.387 e. The lowest BCUT2D eigenvalue weighted by Crippen LogP contribution is -2.21. The number of hydrogen-bond acceptors (Lipinski definition) is 4. The Bertz CT molecular complexity index is 777. The number of rotatable bonds is 6. The van der Waals surface area contributed by atoms with Crippen molar-refractivity contribution in [3.63, 3.8) is 0 Å². The zero-order chi connectivity index (χ0) is 16.9. The maximum atomic E-state index is 12.7. The van der Waals surface area contributed by atoms with Crippen LogP contribution in [0.1, 0.15) is 41.4 Å². The largest absolute Gasteiger partial charge is 0.387 e. The molecule has 2 atom stereocenters. The molecule has 0 spiro atoms. The van der Waals surface area contributed by atoms with E-state index in [1.165, 1.54) is 0 Å². The van der Waals surface area contributed by atoms with Gasteiger partial charge in [0.1, 0.15) is 0 Å². The molecule has 0 radical (unpaired) electrons. The summed E-state index contributed by atoms with van der Waals surface area (Å²) in [6.45, 7) is 1.82. The van der Waals surface area contributed by atoms with Gasteiger partial charge < -0.3 is 5.11 Å². The number of hydrogen-bond donors (Lipinski definition) is 1. The number of nitriles is 1. The van der Waals surface area contributed by atoms with Crippen molar-refractivity contribution in [3.8, 4) is 6.07 Å². The Kier molecular flexibility index (Phi) is 5.54. The minimum atomic E-state index is -3.50. The summed E-state index contributed by atoms with van der Waals surface area (Å²) >= 11 is 0. The standard InChI is InChI=1S/C18H19NO3S/c1-2-18(16-6-4-3-5-7-16)23(21,22)13-17(20)15-10-8-14(12-19)9-11-15/h3-11,17-18,20H,2,13H2,1H3. The molecular weight excluding hydrogens is 310 g/mol. The Morgan fingerprint density at radius 2 is 1.65 bits per heavy atom. The third kappa shape index (κ3) is 4.19. The molecule has 1 N–H and O–H groups in total. The maximum Gasteiger partial charge on any atom is 0.160 e. The normalized spacial score (nSPS) is 14.0.